The second-order valence-corrected chi connectivity index (χ2v) is 5.99. The molecule has 1 atom stereocenters. The summed E-state index contributed by atoms with van der Waals surface area (Å²) in [6.45, 7) is 2.02. The van der Waals surface area contributed by atoms with Crippen molar-refractivity contribution in [2.24, 2.45) is 0 Å². The molecule has 0 spiro atoms. The van der Waals surface area contributed by atoms with E-state index in [1.807, 2.05) is 35.1 Å². The molecule has 4 rings (SSSR count). The monoisotopic (exact) mass is 365 g/mol. The molecule has 126 valence electrons. The normalized spacial score (nSPS) is 17.5. The van der Waals surface area contributed by atoms with Crippen LogP contribution in [-0.4, -0.2) is 33.0 Å². The van der Waals surface area contributed by atoms with E-state index in [1.165, 1.54) is 0 Å². The van der Waals surface area contributed by atoms with Crippen LogP contribution in [0.2, 0.25) is 5.02 Å². The van der Waals surface area contributed by atoms with Crippen LogP contribution >= 0.6 is 24.0 Å². The lowest BCUT2D eigenvalue weighted by Gasteiger charge is -2.22. The van der Waals surface area contributed by atoms with Gasteiger partial charge < -0.3 is 9.84 Å². The molecule has 0 radical (unpaired) electrons. The molecule has 0 bridgehead atoms. The van der Waals surface area contributed by atoms with Crippen molar-refractivity contribution in [3.8, 4) is 23.0 Å². The molecule has 0 saturated carbocycles. The summed E-state index contributed by atoms with van der Waals surface area (Å²) in [5, 5.41) is 12.6. The van der Waals surface area contributed by atoms with Gasteiger partial charge in [0.15, 0.2) is 5.69 Å². The molecular formula is C16H17Cl2N5O. The van der Waals surface area contributed by atoms with Crippen molar-refractivity contribution in [3.05, 3.63) is 41.6 Å². The molecule has 6 nitrogen and oxygen atoms in total. The number of nitrogens with zero attached hydrogens (tertiary/aromatic N) is 4. The Hall–Kier alpha value is -1.89. The number of hydrogen-bond donors (Lipinski definition) is 1. The second-order valence-electron chi connectivity index (χ2n) is 5.58. The molecular weight excluding hydrogens is 349 g/mol. The molecule has 1 saturated heterocycles. The van der Waals surface area contributed by atoms with Crippen LogP contribution in [0.1, 0.15) is 18.9 Å². The smallest absolute Gasteiger partial charge is 0.278 e. The summed E-state index contributed by atoms with van der Waals surface area (Å²) in [6.07, 6.45) is 4.26. The van der Waals surface area contributed by atoms with E-state index < -0.39 is 0 Å². The Kier molecular flexibility index (Phi) is 5.18. The van der Waals surface area contributed by atoms with Crippen LogP contribution in [0.15, 0.2) is 41.1 Å². The first-order valence-electron chi connectivity index (χ1n) is 7.66. The van der Waals surface area contributed by atoms with E-state index >= 15 is 0 Å². The summed E-state index contributed by atoms with van der Waals surface area (Å²) in [6, 6.07) is 9.71. The molecule has 1 aliphatic heterocycles. The van der Waals surface area contributed by atoms with E-state index in [-0.39, 0.29) is 12.4 Å². The molecule has 1 aliphatic rings. The van der Waals surface area contributed by atoms with Crippen LogP contribution in [0.3, 0.4) is 0 Å². The number of nitrogens with one attached hydrogen (secondary N) is 1. The van der Waals surface area contributed by atoms with Gasteiger partial charge in [0.1, 0.15) is 0 Å². The molecule has 0 amide bonds. The average Bonchev–Trinajstić information content (AvgIpc) is 3.25. The maximum atomic E-state index is 6.17. The first-order chi connectivity index (χ1) is 11.3. The largest absolute Gasteiger partial charge is 0.332 e. The number of halogens is 2. The van der Waals surface area contributed by atoms with Gasteiger partial charge in [-0.1, -0.05) is 28.9 Å². The van der Waals surface area contributed by atoms with Crippen molar-refractivity contribution < 1.29 is 4.52 Å². The summed E-state index contributed by atoms with van der Waals surface area (Å²) in [5.41, 5.74) is 1.43. The Morgan fingerprint density at radius 3 is 2.92 bits per heavy atom. The summed E-state index contributed by atoms with van der Waals surface area (Å²) < 4.78 is 7.32. The Labute approximate surface area is 150 Å². The summed E-state index contributed by atoms with van der Waals surface area (Å²) >= 11 is 6.17. The second kappa shape index (κ2) is 7.34. The Morgan fingerprint density at radius 2 is 2.12 bits per heavy atom. The first kappa shape index (κ1) is 17.0. The number of hydrogen-bond acceptors (Lipinski definition) is 5. The van der Waals surface area contributed by atoms with Crippen LogP contribution in [-0.2, 0) is 0 Å². The fourth-order valence-electron chi connectivity index (χ4n) is 2.79. The third-order valence-corrected chi connectivity index (χ3v) is 4.34. The minimum Gasteiger partial charge on any atom is -0.332 e. The molecule has 1 fully saturated rings. The number of rotatable bonds is 3. The lowest BCUT2D eigenvalue weighted by Crippen LogP contribution is -2.31. The van der Waals surface area contributed by atoms with E-state index in [2.05, 4.69) is 20.6 Å². The highest BCUT2D eigenvalue weighted by atomic mass is 35.5. The highest BCUT2D eigenvalue weighted by molar-refractivity contribution is 6.33. The predicted molar refractivity (Wildman–Crippen MR) is 94.4 cm³/mol. The van der Waals surface area contributed by atoms with Crippen LogP contribution < -0.4 is 5.32 Å². The van der Waals surface area contributed by atoms with Crippen LogP contribution in [0.4, 0.5) is 0 Å². The average molecular weight is 366 g/mol. The van der Waals surface area contributed by atoms with Crippen molar-refractivity contribution in [2.75, 3.05) is 13.1 Å². The highest BCUT2D eigenvalue weighted by Gasteiger charge is 2.19. The SMILES string of the molecule is Cl.Clc1ccccc1-c1noc(-c2ccn(C3CCCNC3)n2)n1. The van der Waals surface area contributed by atoms with Gasteiger partial charge in [-0.05, 0) is 37.6 Å². The fraction of sp³-hybridized carbons (Fsp3) is 0.312. The molecule has 0 aliphatic carbocycles. The minimum absolute atomic E-state index is 0. The summed E-state index contributed by atoms with van der Waals surface area (Å²) in [4.78, 5) is 4.42. The van der Waals surface area contributed by atoms with Crippen LogP contribution in [0.5, 0.6) is 0 Å². The van der Waals surface area contributed by atoms with E-state index in [0.717, 1.165) is 31.5 Å². The molecule has 3 aromatic rings. The van der Waals surface area contributed by atoms with Gasteiger partial charge in [0.05, 0.1) is 11.1 Å². The van der Waals surface area contributed by atoms with Gasteiger partial charge in [0.25, 0.3) is 5.89 Å². The van der Waals surface area contributed by atoms with Gasteiger partial charge in [-0.25, -0.2) is 0 Å². The predicted octanol–water partition coefficient (Wildman–Crippen LogP) is 3.60. The van der Waals surface area contributed by atoms with Crippen LogP contribution in [0, 0.1) is 0 Å². The first-order valence-corrected chi connectivity index (χ1v) is 8.04. The zero-order valence-corrected chi connectivity index (χ0v) is 14.4. The lowest BCUT2D eigenvalue weighted by atomic mass is 10.1. The lowest BCUT2D eigenvalue weighted by molar-refractivity contribution is 0.346. The number of benzene rings is 1. The Morgan fingerprint density at radius 1 is 1.25 bits per heavy atom. The summed E-state index contributed by atoms with van der Waals surface area (Å²) in [7, 11) is 0. The van der Waals surface area contributed by atoms with Gasteiger partial charge in [-0.15, -0.1) is 12.4 Å². The van der Waals surface area contributed by atoms with Crippen molar-refractivity contribution in [1.29, 1.82) is 0 Å². The highest BCUT2D eigenvalue weighted by Crippen LogP contribution is 2.27. The molecule has 1 unspecified atom stereocenters. The maximum Gasteiger partial charge on any atom is 0.278 e. The molecule has 3 heterocycles. The molecule has 2 aromatic heterocycles. The van der Waals surface area contributed by atoms with E-state index in [9.17, 15) is 0 Å². The van der Waals surface area contributed by atoms with Gasteiger partial charge in [0.2, 0.25) is 5.82 Å². The maximum absolute atomic E-state index is 6.17. The third kappa shape index (κ3) is 3.31. The van der Waals surface area contributed by atoms with Gasteiger partial charge in [-0.3, -0.25) is 4.68 Å². The van der Waals surface area contributed by atoms with Crippen molar-refractivity contribution >= 4 is 24.0 Å². The zero-order chi connectivity index (χ0) is 15.6. The van der Waals surface area contributed by atoms with Crippen molar-refractivity contribution in [3.63, 3.8) is 0 Å². The number of aromatic nitrogens is 4. The topological polar surface area (TPSA) is 68.8 Å². The van der Waals surface area contributed by atoms with Crippen LogP contribution in [0.25, 0.3) is 23.0 Å². The molecule has 24 heavy (non-hydrogen) atoms. The quantitative estimate of drug-likeness (QED) is 0.767. The Bertz CT molecular complexity index is 810. The fourth-order valence-corrected chi connectivity index (χ4v) is 3.01. The third-order valence-electron chi connectivity index (χ3n) is 4.01. The van der Waals surface area contributed by atoms with Crippen molar-refractivity contribution in [2.45, 2.75) is 18.9 Å². The van der Waals surface area contributed by atoms with E-state index in [0.29, 0.717) is 28.5 Å². The van der Waals surface area contributed by atoms with Gasteiger partial charge in [0, 0.05) is 18.3 Å². The minimum atomic E-state index is 0. The Balaban J connectivity index is 0.00000169. The standard InChI is InChI=1S/C16H16ClN5O.ClH/c17-13-6-2-1-5-12(13)15-19-16(23-21-15)14-7-9-22(20-14)11-4-3-8-18-10-11;/h1-2,5-7,9,11,18H,3-4,8,10H2;1H. The van der Waals surface area contributed by atoms with E-state index in [4.69, 9.17) is 16.1 Å². The molecule has 1 N–H and O–H groups in total. The van der Waals surface area contributed by atoms with Gasteiger partial charge >= 0.3 is 0 Å². The van der Waals surface area contributed by atoms with E-state index in [1.54, 1.807) is 6.07 Å². The zero-order valence-electron chi connectivity index (χ0n) is 12.9. The summed E-state index contributed by atoms with van der Waals surface area (Å²) in [5.74, 6) is 0.877. The molecule has 8 heteroatoms. The molecule has 1 aromatic carbocycles. The van der Waals surface area contributed by atoms with Gasteiger partial charge in [-0.2, -0.15) is 10.1 Å². The number of piperidine rings is 1. The van der Waals surface area contributed by atoms with Crippen molar-refractivity contribution in [1.82, 2.24) is 25.2 Å².